The molecule has 2 aromatic carbocycles. The third kappa shape index (κ3) is 10.4. The van der Waals surface area contributed by atoms with Crippen LogP contribution in [-0.2, 0) is 20.9 Å². The van der Waals surface area contributed by atoms with E-state index in [9.17, 15) is 14.4 Å². The van der Waals surface area contributed by atoms with E-state index in [1.54, 1.807) is 52.2 Å². The molecule has 0 aliphatic carbocycles. The highest BCUT2D eigenvalue weighted by atomic mass is 16.6. The van der Waals surface area contributed by atoms with Gasteiger partial charge in [-0.1, -0.05) is 24.3 Å². The van der Waals surface area contributed by atoms with Gasteiger partial charge in [0.05, 0.1) is 7.11 Å². The molecule has 0 aliphatic rings. The van der Waals surface area contributed by atoms with Crippen molar-refractivity contribution >= 4 is 29.7 Å². The molecule has 0 radical (unpaired) electrons. The average Bonchev–Trinajstić information content (AvgIpc) is 2.75. The summed E-state index contributed by atoms with van der Waals surface area (Å²) < 4.78 is 10.2. The van der Waals surface area contributed by atoms with Crippen molar-refractivity contribution in [3.8, 4) is 5.75 Å². The number of carbonyl (C=O) groups excluding carboxylic acids is 3. The van der Waals surface area contributed by atoms with Crippen LogP contribution in [0.2, 0.25) is 0 Å². The van der Waals surface area contributed by atoms with Crippen LogP contribution < -0.4 is 20.7 Å². The SMILES string of the molecule is COc1ccc(/C=C/C(=O)Nc2cccc(CNC(=O)CCNC(=O)OC(C)(C)C)c2)cc1. The molecule has 0 aliphatic heterocycles. The van der Waals surface area contributed by atoms with Gasteiger partial charge in [-0.05, 0) is 62.2 Å². The first-order chi connectivity index (χ1) is 15.6. The number of ether oxygens (including phenoxy) is 2. The van der Waals surface area contributed by atoms with Crippen molar-refractivity contribution in [1.29, 1.82) is 0 Å². The third-order valence-electron chi connectivity index (χ3n) is 4.25. The Morgan fingerprint density at radius 1 is 1.00 bits per heavy atom. The first-order valence-electron chi connectivity index (χ1n) is 10.6. The second kappa shape index (κ2) is 12.3. The fourth-order valence-electron chi connectivity index (χ4n) is 2.71. The summed E-state index contributed by atoms with van der Waals surface area (Å²) >= 11 is 0. The van der Waals surface area contributed by atoms with E-state index >= 15 is 0 Å². The number of nitrogens with one attached hydrogen (secondary N) is 3. The molecule has 33 heavy (non-hydrogen) atoms. The molecule has 0 saturated heterocycles. The number of carbonyl (C=O) groups is 3. The Morgan fingerprint density at radius 3 is 2.39 bits per heavy atom. The highest BCUT2D eigenvalue weighted by Gasteiger charge is 2.15. The van der Waals surface area contributed by atoms with E-state index in [0.29, 0.717) is 12.2 Å². The lowest BCUT2D eigenvalue weighted by atomic mass is 10.2. The van der Waals surface area contributed by atoms with E-state index < -0.39 is 11.7 Å². The van der Waals surface area contributed by atoms with Crippen molar-refractivity contribution in [2.24, 2.45) is 0 Å². The monoisotopic (exact) mass is 453 g/mol. The standard InChI is InChI=1S/C25H31N3O5/c1-25(2,3)33-24(31)26-15-14-22(29)27-17-19-6-5-7-20(16-19)28-23(30)13-10-18-8-11-21(32-4)12-9-18/h5-13,16H,14-15,17H2,1-4H3,(H,26,31)(H,27,29)(H,28,30)/b13-10+. The lowest BCUT2D eigenvalue weighted by Crippen LogP contribution is -2.35. The number of rotatable bonds is 9. The largest absolute Gasteiger partial charge is 0.497 e. The zero-order valence-corrected chi connectivity index (χ0v) is 19.4. The van der Waals surface area contributed by atoms with Crippen LogP contribution in [0, 0.1) is 0 Å². The topological polar surface area (TPSA) is 106 Å². The van der Waals surface area contributed by atoms with Crippen LogP contribution in [-0.4, -0.2) is 37.2 Å². The van der Waals surface area contributed by atoms with Gasteiger partial charge in [-0.3, -0.25) is 9.59 Å². The van der Waals surface area contributed by atoms with Crippen LogP contribution in [0.25, 0.3) is 6.08 Å². The molecule has 0 saturated carbocycles. The molecule has 0 fully saturated rings. The number of hydrogen-bond acceptors (Lipinski definition) is 5. The van der Waals surface area contributed by atoms with Gasteiger partial charge in [0.2, 0.25) is 11.8 Å². The van der Waals surface area contributed by atoms with Crippen molar-refractivity contribution in [2.45, 2.75) is 39.3 Å². The van der Waals surface area contributed by atoms with Gasteiger partial charge in [-0.15, -0.1) is 0 Å². The molecule has 3 N–H and O–H groups in total. The van der Waals surface area contributed by atoms with Gasteiger partial charge in [-0.25, -0.2) is 4.79 Å². The Kier molecular flexibility index (Phi) is 9.47. The molecule has 0 atom stereocenters. The third-order valence-corrected chi connectivity index (χ3v) is 4.25. The molecule has 0 unspecified atom stereocenters. The number of methoxy groups -OCH3 is 1. The maximum absolute atomic E-state index is 12.2. The van der Waals surface area contributed by atoms with Crippen molar-refractivity contribution in [1.82, 2.24) is 10.6 Å². The summed E-state index contributed by atoms with van der Waals surface area (Å²) in [4.78, 5) is 35.8. The number of benzene rings is 2. The molecule has 2 rings (SSSR count). The van der Waals surface area contributed by atoms with Gasteiger partial charge in [0, 0.05) is 31.3 Å². The zero-order chi connectivity index (χ0) is 24.3. The number of anilines is 1. The molecule has 2 aromatic rings. The molecule has 0 heterocycles. The van der Waals surface area contributed by atoms with E-state index in [1.807, 2.05) is 30.3 Å². The highest BCUT2D eigenvalue weighted by Crippen LogP contribution is 2.13. The van der Waals surface area contributed by atoms with Gasteiger partial charge in [0.15, 0.2) is 0 Å². The molecule has 0 spiro atoms. The van der Waals surface area contributed by atoms with Crippen LogP contribution in [0.4, 0.5) is 10.5 Å². The van der Waals surface area contributed by atoms with Gasteiger partial charge >= 0.3 is 6.09 Å². The minimum absolute atomic E-state index is 0.131. The smallest absolute Gasteiger partial charge is 0.407 e. The molecule has 8 heteroatoms. The summed E-state index contributed by atoms with van der Waals surface area (Å²) in [5, 5.41) is 8.14. The van der Waals surface area contributed by atoms with Crippen LogP contribution >= 0.6 is 0 Å². The van der Waals surface area contributed by atoms with E-state index in [0.717, 1.165) is 16.9 Å². The second-order valence-corrected chi connectivity index (χ2v) is 8.25. The zero-order valence-electron chi connectivity index (χ0n) is 19.4. The fourth-order valence-corrected chi connectivity index (χ4v) is 2.71. The lowest BCUT2D eigenvalue weighted by molar-refractivity contribution is -0.121. The van der Waals surface area contributed by atoms with E-state index in [4.69, 9.17) is 9.47 Å². The Labute approximate surface area is 194 Å². The van der Waals surface area contributed by atoms with Crippen LogP contribution in [0.3, 0.4) is 0 Å². The minimum Gasteiger partial charge on any atom is -0.497 e. The van der Waals surface area contributed by atoms with Gasteiger partial charge in [-0.2, -0.15) is 0 Å². The Hall–Kier alpha value is -3.81. The predicted molar refractivity (Wildman–Crippen MR) is 128 cm³/mol. The fraction of sp³-hybridized carbons (Fsp3) is 0.320. The quantitative estimate of drug-likeness (QED) is 0.500. The molecule has 3 amide bonds. The van der Waals surface area contributed by atoms with Crippen molar-refractivity contribution < 1.29 is 23.9 Å². The minimum atomic E-state index is -0.585. The molecule has 0 aromatic heterocycles. The number of hydrogen-bond donors (Lipinski definition) is 3. The summed E-state index contributed by atoms with van der Waals surface area (Å²) in [6.45, 7) is 5.79. The van der Waals surface area contributed by atoms with Gasteiger partial charge in [0.1, 0.15) is 11.4 Å². The van der Waals surface area contributed by atoms with Crippen molar-refractivity contribution in [3.63, 3.8) is 0 Å². The van der Waals surface area contributed by atoms with E-state index in [2.05, 4.69) is 16.0 Å². The predicted octanol–water partition coefficient (Wildman–Crippen LogP) is 3.88. The maximum atomic E-state index is 12.2. The Balaban J connectivity index is 1.76. The van der Waals surface area contributed by atoms with Gasteiger partial charge < -0.3 is 25.4 Å². The summed E-state index contributed by atoms with van der Waals surface area (Å²) in [5.41, 5.74) is 1.75. The molecular formula is C25H31N3O5. The van der Waals surface area contributed by atoms with Crippen molar-refractivity contribution in [2.75, 3.05) is 19.0 Å². The first-order valence-corrected chi connectivity index (χ1v) is 10.6. The maximum Gasteiger partial charge on any atom is 0.407 e. The average molecular weight is 454 g/mol. The lowest BCUT2D eigenvalue weighted by Gasteiger charge is -2.19. The molecular weight excluding hydrogens is 422 g/mol. The van der Waals surface area contributed by atoms with Crippen molar-refractivity contribution in [3.05, 3.63) is 65.7 Å². The summed E-state index contributed by atoms with van der Waals surface area (Å²) in [5.74, 6) is 0.281. The van der Waals surface area contributed by atoms with E-state index in [-0.39, 0.29) is 24.8 Å². The summed E-state index contributed by atoms with van der Waals surface area (Å²) in [6.07, 6.45) is 2.74. The Bertz CT molecular complexity index is 978. The van der Waals surface area contributed by atoms with Gasteiger partial charge in [0.25, 0.3) is 0 Å². The van der Waals surface area contributed by atoms with Crippen LogP contribution in [0.1, 0.15) is 38.3 Å². The van der Waals surface area contributed by atoms with E-state index in [1.165, 1.54) is 6.08 Å². The normalized spacial score (nSPS) is 11.0. The summed E-state index contributed by atoms with van der Waals surface area (Å²) in [7, 11) is 1.60. The molecule has 176 valence electrons. The van der Waals surface area contributed by atoms with Crippen LogP contribution in [0.5, 0.6) is 5.75 Å². The number of alkyl carbamates (subject to hydrolysis) is 1. The summed E-state index contributed by atoms with van der Waals surface area (Å²) in [6, 6.07) is 14.6. The number of amides is 3. The molecule has 0 bridgehead atoms. The van der Waals surface area contributed by atoms with Crippen LogP contribution in [0.15, 0.2) is 54.6 Å². The highest BCUT2D eigenvalue weighted by molar-refractivity contribution is 6.01. The second-order valence-electron chi connectivity index (χ2n) is 8.25. The first kappa shape index (κ1) is 25.5. The Morgan fingerprint density at radius 2 is 1.73 bits per heavy atom. The molecule has 8 nitrogen and oxygen atoms in total.